The minimum atomic E-state index is -0.0210. The number of amides is 1. The molecule has 0 radical (unpaired) electrons. The van der Waals surface area contributed by atoms with Crippen molar-refractivity contribution in [1.29, 1.82) is 0 Å². The quantitative estimate of drug-likeness (QED) is 0.853. The number of ether oxygens (including phenoxy) is 1. The van der Waals surface area contributed by atoms with Crippen LogP contribution >= 0.6 is 0 Å². The Kier molecular flexibility index (Phi) is 4.80. The number of hydrogen-bond donors (Lipinski definition) is 2. The third kappa shape index (κ3) is 3.47. The first kappa shape index (κ1) is 13.9. The number of carbonyl (C=O) groups is 1. The SMILES string of the molecule is CCC(NC(=O)C1CCCN1)c1ccc(OC)cc1. The van der Waals surface area contributed by atoms with Crippen molar-refractivity contribution in [3.05, 3.63) is 29.8 Å². The van der Waals surface area contributed by atoms with Crippen LogP contribution in [0.25, 0.3) is 0 Å². The van der Waals surface area contributed by atoms with Gasteiger partial charge in [0.15, 0.2) is 0 Å². The summed E-state index contributed by atoms with van der Waals surface area (Å²) >= 11 is 0. The maximum Gasteiger partial charge on any atom is 0.237 e. The lowest BCUT2D eigenvalue weighted by Crippen LogP contribution is -2.41. The molecule has 2 N–H and O–H groups in total. The Bertz CT molecular complexity index is 411. The smallest absolute Gasteiger partial charge is 0.237 e. The first-order chi connectivity index (χ1) is 9.24. The lowest BCUT2D eigenvalue weighted by atomic mass is 10.0. The molecule has 2 rings (SSSR count). The van der Waals surface area contributed by atoms with Gasteiger partial charge in [0.1, 0.15) is 5.75 Å². The van der Waals surface area contributed by atoms with E-state index in [2.05, 4.69) is 17.6 Å². The lowest BCUT2D eigenvalue weighted by molar-refractivity contribution is -0.123. The van der Waals surface area contributed by atoms with E-state index in [1.54, 1.807) is 7.11 Å². The molecule has 4 heteroatoms. The summed E-state index contributed by atoms with van der Waals surface area (Å²) in [5.74, 6) is 0.947. The van der Waals surface area contributed by atoms with Crippen molar-refractivity contribution in [3.8, 4) is 5.75 Å². The maximum absolute atomic E-state index is 12.1. The van der Waals surface area contributed by atoms with E-state index in [-0.39, 0.29) is 18.0 Å². The Morgan fingerprint density at radius 1 is 1.47 bits per heavy atom. The minimum Gasteiger partial charge on any atom is -0.497 e. The fourth-order valence-electron chi connectivity index (χ4n) is 2.44. The number of methoxy groups -OCH3 is 1. The number of carbonyl (C=O) groups excluding carboxylic acids is 1. The first-order valence-electron chi connectivity index (χ1n) is 6.92. The molecule has 0 aromatic heterocycles. The average Bonchev–Trinajstić information content (AvgIpc) is 2.99. The van der Waals surface area contributed by atoms with Crippen molar-refractivity contribution in [3.63, 3.8) is 0 Å². The number of nitrogens with one attached hydrogen (secondary N) is 2. The third-order valence-electron chi connectivity index (χ3n) is 3.62. The summed E-state index contributed by atoms with van der Waals surface area (Å²) in [5, 5.41) is 6.34. The van der Waals surface area contributed by atoms with Crippen molar-refractivity contribution in [2.24, 2.45) is 0 Å². The summed E-state index contributed by atoms with van der Waals surface area (Å²) < 4.78 is 5.15. The molecule has 104 valence electrons. The minimum absolute atomic E-state index is 0.0210. The number of rotatable bonds is 5. The zero-order chi connectivity index (χ0) is 13.7. The van der Waals surface area contributed by atoms with Crippen molar-refractivity contribution < 1.29 is 9.53 Å². The van der Waals surface area contributed by atoms with Crippen LogP contribution in [-0.2, 0) is 4.79 Å². The van der Waals surface area contributed by atoms with Crippen LogP contribution in [0.5, 0.6) is 5.75 Å². The molecule has 19 heavy (non-hydrogen) atoms. The van der Waals surface area contributed by atoms with Gasteiger partial charge in [-0.25, -0.2) is 0 Å². The van der Waals surface area contributed by atoms with Gasteiger partial charge in [0, 0.05) is 0 Å². The standard InChI is InChI=1S/C15H22N2O2/c1-3-13(11-6-8-12(19-2)9-7-11)17-15(18)14-5-4-10-16-14/h6-9,13-14,16H,3-5,10H2,1-2H3,(H,17,18). The molecule has 2 atom stereocenters. The molecule has 0 spiro atoms. The normalized spacial score (nSPS) is 20.0. The molecular formula is C15H22N2O2. The number of benzene rings is 1. The zero-order valence-corrected chi connectivity index (χ0v) is 11.6. The highest BCUT2D eigenvalue weighted by Gasteiger charge is 2.24. The lowest BCUT2D eigenvalue weighted by Gasteiger charge is -2.20. The van der Waals surface area contributed by atoms with Crippen LogP contribution in [-0.4, -0.2) is 25.6 Å². The molecular weight excluding hydrogens is 240 g/mol. The van der Waals surface area contributed by atoms with Gasteiger partial charge in [-0.15, -0.1) is 0 Å². The Hall–Kier alpha value is -1.55. The van der Waals surface area contributed by atoms with Gasteiger partial charge >= 0.3 is 0 Å². The second-order valence-electron chi connectivity index (χ2n) is 4.89. The van der Waals surface area contributed by atoms with Gasteiger partial charge in [-0.1, -0.05) is 19.1 Å². The van der Waals surface area contributed by atoms with Crippen molar-refractivity contribution in [1.82, 2.24) is 10.6 Å². The van der Waals surface area contributed by atoms with E-state index in [0.29, 0.717) is 0 Å². The predicted molar refractivity (Wildman–Crippen MR) is 75.2 cm³/mol. The van der Waals surface area contributed by atoms with Gasteiger partial charge in [-0.05, 0) is 43.5 Å². The third-order valence-corrected chi connectivity index (χ3v) is 3.62. The topological polar surface area (TPSA) is 50.4 Å². The Balaban J connectivity index is 2.00. The Morgan fingerprint density at radius 3 is 2.74 bits per heavy atom. The molecule has 1 aliphatic heterocycles. The van der Waals surface area contributed by atoms with Crippen LogP contribution in [0.1, 0.15) is 37.8 Å². The molecule has 1 aliphatic rings. The summed E-state index contributed by atoms with van der Waals surface area (Å²) in [6.07, 6.45) is 2.90. The van der Waals surface area contributed by atoms with E-state index >= 15 is 0 Å². The highest BCUT2D eigenvalue weighted by atomic mass is 16.5. The predicted octanol–water partition coefficient (Wildman–Crippen LogP) is 2.01. The fourth-order valence-corrected chi connectivity index (χ4v) is 2.44. The highest BCUT2D eigenvalue weighted by molar-refractivity contribution is 5.82. The largest absolute Gasteiger partial charge is 0.497 e. The van der Waals surface area contributed by atoms with E-state index in [0.717, 1.165) is 37.1 Å². The summed E-state index contributed by atoms with van der Waals surface area (Å²) in [6.45, 7) is 3.02. The molecule has 0 bridgehead atoms. The second kappa shape index (κ2) is 6.57. The van der Waals surface area contributed by atoms with Gasteiger partial charge in [-0.2, -0.15) is 0 Å². The van der Waals surface area contributed by atoms with Crippen LogP contribution in [0.2, 0.25) is 0 Å². The molecule has 1 fully saturated rings. The zero-order valence-electron chi connectivity index (χ0n) is 11.6. The molecule has 1 saturated heterocycles. The maximum atomic E-state index is 12.1. The van der Waals surface area contributed by atoms with Gasteiger partial charge < -0.3 is 15.4 Å². The Morgan fingerprint density at radius 2 is 2.21 bits per heavy atom. The number of hydrogen-bond acceptors (Lipinski definition) is 3. The van der Waals surface area contributed by atoms with Crippen LogP contribution in [0.15, 0.2) is 24.3 Å². The summed E-state index contributed by atoms with van der Waals surface area (Å²) in [6, 6.07) is 7.92. The highest BCUT2D eigenvalue weighted by Crippen LogP contribution is 2.20. The molecule has 0 aliphatic carbocycles. The molecule has 1 aromatic carbocycles. The van der Waals surface area contributed by atoms with Crippen LogP contribution in [0.3, 0.4) is 0 Å². The molecule has 2 unspecified atom stereocenters. The van der Waals surface area contributed by atoms with Crippen molar-refractivity contribution in [2.75, 3.05) is 13.7 Å². The molecule has 4 nitrogen and oxygen atoms in total. The van der Waals surface area contributed by atoms with E-state index in [4.69, 9.17) is 4.74 Å². The van der Waals surface area contributed by atoms with Crippen LogP contribution in [0, 0.1) is 0 Å². The fraction of sp³-hybridized carbons (Fsp3) is 0.533. The summed E-state index contributed by atoms with van der Waals surface area (Å²) in [7, 11) is 1.65. The van der Waals surface area contributed by atoms with Crippen LogP contribution in [0.4, 0.5) is 0 Å². The van der Waals surface area contributed by atoms with E-state index < -0.39 is 0 Å². The second-order valence-corrected chi connectivity index (χ2v) is 4.89. The summed E-state index contributed by atoms with van der Waals surface area (Å²) in [4.78, 5) is 12.1. The van der Waals surface area contributed by atoms with Gasteiger partial charge in [0.25, 0.3) is 0 Å². The Labute approximate surface area is 114 Å². The molecule has 1 amide bonds. The monoisotopic (exact) mass is 262 g/mol. The van der Waals surface area contributed by atoms with Gasteiger partial charge in [0.2, 0.25) is 5.91 Å². The summed E-state index contributed by atoms with van der Waals surface area (Å²) in [5.41, 5.74) is 1.12. The van der Waals surface area contributed by atoms with Crippen molar-refractivity contribution >= 4 is 5.91 Å². The average molecular weight is 262 g/mol. The van der Waals surface area contributed by atoms with Gasteiger partial charge in [-0.3, -0.25) is 4.79 Å². The van der Waals surface area contributed by atoms with Crippen molar-refractivity contribution in [2.45, 2.75) is 38.3 Å². The van der Waals surface area contributed by atoms with E-state index in [1.165, 1.54) is 0 Å². The molecule has 0 saturated carbocycles. The van der Waals surface area contributed by atoms with E-state index in [1.807, 2.05) is 24.3 Å². The van der Waals surface area contributed by atoms with Gasteiger partial charge in [0.05, 0.1) is 19.2 Å². The first-order valence-corrected chi connectivity index (χ1v) is 6.92. The van der Waals surface area contributed by atoms with E-state index in [9.17, 15) is 4.79 Å². The molecule has 1 aromatic rings. The molecule has 1 heterocycles. The van der Waals surface area contributed by atoms with Crippen LogP contribution < -0.4 is 15.4 Å².